The minimum absolute atomic E-state index is 0.0137. The van der Waals surface area contributed by atoms with Gasteiger partial charge in [0.25, 0.3) is 0 Å². The summed E-state index contributed by atoms with van der Waals surface area (Å²) in [6.45, 7) is 5.48. The van der Waals surface area contributed by atoms with Gasteiger partial charge in [0.2, 0.25) is 5.91 Å². The second-order valence-corrected chi connectivity index (χ2v) is 5.30. The lowest BCUT2D eigenvalue weighted by Gasteiger charge is -2.35. The smallest absolute Gasteiger partial charge is 0.230 e. The molecule has 1 aromatic rings. The number of anilines is 1. The molecule has 1 heterocycles. The van der Waals surface area contributed by atoms with Crippen LogP contribution >= 0.6 is 0 Å². The van der Waals surface area contributed by atoms with Crippen molar-refractivity contribution >= 4 is 11.6 Å². The van der Waals surface area contributed by atoms with E-state index in [0.29, 0.717) is 11.3 Å². The number of halogens is 1. The second kappa shape index (κ2) is 5.70. The second-order valence-electron chi connectivity index (χ2n) is 5.30. The van der Waals surface area contributed by atoms with Crippen molar-refractivity contribution in [3.63, 3.8) is 0 Å². The van der Waals surface area contributed by atoms with Gasteiger partial charge in [-0.2, -0.15) is 0 Å². The Morgan fingerprint density at radius 1 is 1.42 bits per heavy atom. The molecule has 2 rings (SSSR count). The number of benzene rings is 1. The highest BCUT2D eigenvalue weighted by Crippen LogP contribution is 2.34. The van der Waals surface area contributed by atoms with Gasteiger partial charge in [-0.25, -0.2) is 4.39 Å². The number of amides is 1. The summed E-state index contributed by atoms with van der Waals surface area (Å²) in [5, 5.41) is 6.13. The first-order chi connectivity index (χ1) is 9.07. The molecule has 3 nitrogen and oxygen atoms in total. The van der Waals surface area contributed by atoms with Crippen LogP contribution in [0.1, 0.15) is 31.7 Å². The summed E-state index contributed by atoms with van der Waals surface area (Å²) in [6.07, 6.45) is 2.49. The van der Waals surface area contributed by atoms with Crippen molar-refractivity contribution in [3.05, 3.63) is 29.6 Å². The molecule has 1 aliphatic heterocycles. The van der Waals surface area contributed by atoms with Crippen LogP contribution < -0.4 is 10.6 Å². The van der Waals surface area contributed by atoms with Crippen molar-refractivity contribution in [2.45, 2.75) is 33.1 Å². The molecule has 4 heteroatoms. The molecule has 0 atom stereocenters. The topological polar surface area (TPSA) is 41.1 Å². The third kappa shape index (κ3) is 2.95. The molecule has 1 aliphatic rings. The SMILES string of the molecule is CCC1(C(=O)Nc2ccc(C)c(F)c2)CCNCC1. The van der Waals surface area contributed by atoms with Crippen LogP contribution in [0.3, 0.4) is 0 Å². The highest BCUT2D eigenvalue weighted by Gasteiger charge is 2.37. The van der Waals surface area contributed by atoms with Crippen LogP contribution in [0.15, 0.2) is 18.2 Å². The van der Waals surface area contributed by atoms with Crippen LogP contribution in [0.4, 0.5) is 10.1 Å². The fourth-order valence-corrected chi connectivity index (χ4v) is 2.58. The van der Waals surface area contributed by atoms with E-state index in [1.54, 1.807) is 19.1 Å². The summed E-state index contributed by atoms with van der Waals surface area (Å²) in [6, 6.07) is 4.82. The van der Waals surface area contributed by atoms with Crippen molar-refractivity contribution in [1.82, 2.24) is 5.32 Å². The lowest BCUT2D eigenvalue weighted by atomic mass is 9.76. The van der Waals surface area contributed by atoms with Crippen molar-refractivity contribution in [3.8, 4) is 0 Å². The van der Waals surface area contributed by atoms with Crippen molar-refractivity contribution in [2.24, 2.45) is 5.41 Å². The van der Waals surface area contributed by atoms with Gasteiger partial charge in [-0.3, -0.25) is 4.79 Å². The fraction of sp³-hybridized carbons (Fsp3) is 0.533. The molecular weight excluding hydrogens is 243 g/mol. The van der Waals surface area contributed by atoms with Gasteiger partial charge in [0, 0.05) is 5.69 Å². The highest BCUT2D eigenvalue weighted by atomic mass is 19.1. The minimum Gasteiger partial charge on any atom is -0.326 e. The zero-order valence-corrected chi connectivity index (χ0v) is 11.6. The first kappa shape index (κ1) is 14.0. The van der Waals surface area contributed by atoms with E-state index in [4.69, 9.17) is 0 Å². The van der Waals surface area contributed by atoms with E-state index in [9.17, 15) is 9.18 Å². The number of piperidine rings is 1. The van der Waals surface area contributed by atoms with Gasteiger partial charge in [-0.05, 0) is 57.0 Å². The van der Waals surface area contributed by atoms with Gasteiger partial charge in [-0.1, -0.05) is 13.0 Å². The predicted molar refractivity (Wildman–Crippen MR) is 74.6 cm³/mol. The van der Waals surface area contributed by atoms with Crippen LogP contribution in [-0.2, 0) is 4.79 Å². The third-order valence-corrected chi connectivity index (χ3v) is 4.15. The Labute approximate surface area is 113 Å². The van der Waals surface area contributed by atoms with Gasteiger partial charge in [0.15, 0.2) is 0 Å². The molecule has 0 aromatic heterocycles. The third-order valence-electron chi connectivity index (χ3n) is 4.15. The molecule has 0 saturated carbocycles. The van der Waals surface area contributed by atoms with Crippen molar-refractivity contribution in [1.29, 1.82) is 0 Å². The Kier molecular flexibility index (Phi) is 4.20. The van der Waals surface area contributed by atoms with E-state index in [-0.39, 0.29) is 17.1 Å². The number of hydrogen-bond donors (Lipinski definition) is 2. The largest absolute Gasteiger partial charge is 0.326 e. The summed E-state index contributed by atoms with van der Waals surface area (Å²) in [7, 11) is 0. The van der Waals surface area contributed by atoms with Crippen LogP contribution in [0.2, 0.25) is 0 Å². The maximum atomic E-state index is 13.5. The molecule has 0 aliphatic carbocycles. The fourth-order valence-electron chi connectivity index (χ4n) is 2.58. The standard InChI is InChI=1S/C15H21FN2O/c1-3-15(6-8-17-9-7-15)14(19)18-12-5-4-11(2)13(16)10-12/h4-5,10,17H,3,6-9H2,1-2H3,(H,18,19). The molecule has 1 fully saturated rings. The zero-order valence-electron chi connectivity index (χ0n) is 11.6. The first-order valence-electron chi connectivity index (χ1n) is 6.86. The van der Waals surface area contributed by atoms with E-state index >= 15 is 0 Å². The first-order valence-corrected chi connectivity index (χ1v) is 6.86. The number of nitrogens with one attached hydrogen (secondary N) is 2. The zero-order chi connectivity index (χ0) is 13.9. The average molecular weight is 264 g/mol. The van der Waals surface area contributed by atoms with E-state index < -0.39 is 0 Å². The predicted octanol–water partition coefficient (Wildman–Crippen LogP) is 2.85. The van der Waals surface area contributed by atoms with Crippen LogP contribution in [0, 0.1) is 18.2 Å². The summed E-state index contributed by atoms with van der Waals surface area (Å²) in [4.78, 5) is 12.5. The van der Waals surface area contributed by atoms with Crippen LogP contribution in [0.5, 0.6) is 0 Å². The van der Waals surface area contributed by atoms with Crippen molar-refractivity contribution in [2.75, 3.05) is 18.4 Å². The van der Waals surface area contributed by atoms with E-state index in [2.05, 4.69) is 10.6 Å². The Balaban J connectivity index is 2.12. The highest BCUT2D eigenvalue weighted by molar-refractivity contribution is 5.95. The molecule has 0 spiro atoms. The Morgan fingerprint density at radius 2 is 2.11 bits per heavy atom. The number of rotatable bonds is 3. The summed E-state index contributed by atoms with van der Waals surface area (Å²) in [5.41, 5.74) is 0.816. The van der Waals surface area contributed by atoms with E-state index in [0.717, 1.165) is 32.4 Å². The lowest BCUT2D eigenvalue weighted by Crippen LogP contribution is -2.44. The van der Waals surface area contributed by atoms with Gasteiger partial charge in [0.1, 0.15) is 5.82 Å². The van der Waals surface area contributed by atoms with E-state index in [1.165, 1.54) is 6.07 Å². The lowest BCUT2D eigenvalue weighted by molar-refractivity contribution is -0.127. The van der Waals surface area contributed by atoms with Gasteiger partial charge >= 0.3 is 0 Å². The number of hydrogen-bond acceptors (Lipinski definition) is 2. The number of carbonyl (C=O) groups is 1. The average Bonchev–Trinajstić information content (AvgIpc) is 2.43. The molecule has 19 heavy (non-hydrogen) atoms. The normalized spacial score (nSPS) is 18.1. The Hall–Kier alpha value is -1.42. The number of aryl methyl sites for hydroxylation is 1. The van der Waals surface area contributed by atoms with Gasteiger partial charge in [0.05, 0.1) is 5.41 Å². The van der Waals surface area contributed by atoms with Crippen molar-refractivity contribution < 1.29 is 9.18 Å². The summed E-state index contributed by atoms with van der Waals surface area (Å²) in [5.74, 6) is -0.270. The minimum atomic E-state index is -0.313. The number of carbonyl (C=O) groups excluding carboxylic acids is 1. The quantitative estimate of drug-likeness (QED) is 0.881. The monoisotopic (exact) mass is 264 g/mol. The molecule has 1 saturated heterocycles. The molecule has 1 aromatic carbocycles. The van der Waals surface area contributed by atoms with Gasteiger partial charge < -0.3 is 10.6 Å². The molecular formula is C15H21FN2O. The van der Waals surface area contributed by atoms with Crippen LogP contribution in [-0.4, -0.2) is 19.0 Å². The molecule has 0 radical (unpaired) electrons. The maximum Gasteiger partial charge on any atom is 0.230 e. The van der Waals surface area contributed by atoms with Crippen LogP contribution in [0.25, 0.3) is 0 Å². The molecule has 1 amide bonds. The Bertz CT molecular complexity index is 467. The molecule has 2 N–H and O–H groups in total. The molecule has 0 unspecified atom stereocenters. The van der Waals surface area contributed by atoms with Gasteiger partial charge in [-0.15, -0.1) is 0 Å². The van der Waals surface area contributed by atoms with E-state index in [1.807, 2.05) is 6.92 Å². The molecule has 0 bridgehead atoms. The summed E-state index contributed by atoms with van der Waals surface area (Å²) < 4.78 is 13.5. The summed E-state index contributed by atoms with van der Waals surface area (Å²) >= 11 is 0. The Morgan fingerprint density at radius 3 is 2.68 bits per heavy atom. The maximum absolute atomic E-state index is 13.5. The molecule has 104 valence electrons.